The first-order valence-corrected chi connectivity index (χ1v) is 7.95. The lowest BCUT2D eigenvalue weighted by Crippen LogP contribution is -2.18. The third-order valence-electron chi connectivity index (χ3n) is 2.95. The summed E-state index contributed by atoms with van der Waals surface area (Å²) in [6.45, 7) is 2.11. The van der Waals surface area contributed by atoms with Gasteiger partial charge in [-0.15, -0.1) is 11.3 Å². The van der Waals surface area contributed by atoms with Crippen LogP contribution in [0.1, 0.15) is 28.3 Å². The molecule has 0 amide bonds. The minimum absolute atomic E-state index is 0.170. The molecule has 0 aliphatic heterocycles. The largest absolute Gasteiger partial charge is 0.309 e. The molecule has 1 aromatic carbocycles. The van der Waals surface area contributed by atoms with E-state index in [-0.39, 0.29) is 11.9 Å². The van der Waals surface area contributed by atoms with Crippen molar-refractivity contribution in [2.75, 3.05) is 7.05 Å². The number of hydrogen-bond acceptors (Lipinski definition) is 2. The lowest BCUT2D eigenvalue weighted by atomic mass is 10.0. The summed E-state index contributed by atoms with van der Waals surface area (Å²) in [5, 5.41) is 3.67. The van der Waals surface area contributed by atoms with Crippen molar-refractivity contribution >= 4 is 38.9 Å². The van der Waals surface area contributed by atoms with Crippen molar-refractivity contribution in [1.29, 1.82) is 0 Å². The zero-order valence-electron chi connectivity index (χ0n) is 10.6. The van der Waals surface area contributed by atoms with E-state index in [1.807, 2.05) is 13.1 Å². The van der Waals surface area contributed by atoms with Gasteiger partial charge in [0.25, 0.3) is 0 Å². The lowest BCUT2D eigenvalue weighted by Gasteiger charge is -2.16. The van der Waals surface area contributed by atoms with Gasteiger partial charge in [0.15, 0.2) is 0 Å². The number of rotatable bonds is 4. The van der Waals surface area contributed by atoms with Crippen LogP contribution in [0.15, 0.2) is 28.7 Å². The van der Waals surface area contributed by atoms with Gasteiger partial charge in [0.05, 0.1) is 11.1 Å². The third kappa shape index (κ3) is 3.19. The molecular formula is C14H14BrClFNS. The topological polar surface area (TPSA) is 12.0 Å². The molecule has 1 aromatic heterocycles. The molecule has 5 heteroatoms. The van der Waals surface area contributed by atoms with E-state index in [2.05, 4.69) is 34.2 Å². The minimum Gasteiger partial charge on any atom is -0.309 e. The van der Waals surface area contributed by atoms with Crippen LogP contribution in [0.3, 0.4) is 0 Å². The molecule has 1 unspecified atom stereocenters. The van der Waals surface area contributed by atoms with E-state index >= 15 is 0 Å². The zero-order chi connectivity index (χ0) is 14.0. The third-order valence-corrected chi connectivity index (χ3v) is 5.45. The van der Waals surface area contributed by atoms with E-state index in [4.69, 9.17) is 11.6 Å². The molecule has 2 rings (SSSR count). The average Bonchev–Trinajstić information content (AvgIpc) is 2.85. The Balaban J connectivity index is 2.44. The van der Waals surface area contributed by atoms with E-state index in [1.54, 1.807) is 17.4 Å². The fraction of sp³-hybridized carbons (Fsp3) is 0.286. The number of nitrogens with one attached hydrogen (secondary N) is 1. The van der Waals surface area contributed by atoms with Crippen LogP contribution in [0.4, 0.5) is 4.39 Å². The van der Waals surface area contributed by atoms with Crippen molar-refractivity contribution in [3.8, 4) is 0 Å². The summed E-state index contributed by atoms with van der Waals surface area (Å²) in [6.07, 6.45) is 0.991. The summed E-state index contributed by atoms with van der Waals surface area (Å²) in [6, 6.07) is 7.04. The zero-order valence-corrected chi connectivity index (χ0v) is 13.8. The van der Waals surface area contributed by atoms with E-state index in [0.29, 0.717) is 15.1 Å². The Labute approximate surface area is 129 Å². The van der Waals surface area contributed by atoms with E-state index < -0.39 is 0 Å². The van der Waals surface area contributed by atoms with Gasteiger partial charge in [0, 0.05) is 19.8 Å². The normalized spacial score (nSPS) is 12.7. The summed E-state index contributed by atoms with van der Waals surface area (Å²) < 4.78 is 14.7. The van der Waals surface area contributed by atoms with E-state index in [0.717, 1.165) is 11.3 Å². The highest BCUT2D eigenvalue weighted by atomic mass is 79.9. The van der Waals surface area contributed by atoms with E-state index in [9.17, 15) is 4.39 Å². The highest BCUT2D eigenvalue weighted by Gasteiger charge is 2.19. The Kier molecular flexibility index (Phi) is 5.01. The molecule has 0 fully saturated rings. The number of hydrogen-bond donors (Lipinski definition) is 1. The molecule has 1 atom stereocenters. The van der Waals surface area contributed by atoms with Crippen LogP contribution in [0, 0.1) is 5.82 Å². The predicted molar refractivity (Wildman–Crippen MR) is 83.7 cm³/mol. The molecule has 102 valence electrons. The molecule has 0 saturated heterocycles. The van der Waals surface area contributed by atoms with Gasteiger partial charge >= 0.3 is 0 Å². The van der Waals surface area contributed by atoms with Gasteiger partial charge in [-0.1, -0.05) is 18.5 Å². The minimum atomic E-state index is -0.262. The second-order valence-corrected chi connectivity index (χ2v) is 6.63. The molecule has 0 bridgehead atoms. The SMILES string of the molecule is CCc1ccc(C(NC)c2cc(Cl)c(Br)cc2F)s1. The highest BCUT2D eigenvalue weighted by molar-refractivity contribution is 9.10. The molecule has 2 aromatic rings. The molecule has 0 aliphatic carbocycles. The Morgan fingerprint density at radius 2 is 2.16 bits per heavy atom. The Morgan fingerprint density at radius 3 is 2.74 bits per heavy atom. The van der Waals surface area contributed by atoms with Crippen LogP contribution in [-0.2, 0) is 6.42 Å². The highest BCUT2D eigenvalue weighted by Crippen LogP contribution is 2.34. The molecule has 1 nitrogen and oxygen atoms in total. The van der Waals surface area contributed by atoms with Crippen molar-refractivity contribution in [2.24, 2.45) is 0 Å². The summed E-state index contributed by atoms with van der Waals surface area (Å²) in [7, 11) is 1.82. The van der Waals surface area contributed by atoms with Crippen molar-refractivity contribution in [3.63, 3.8) is 0 Å². The fourth-order valence-corrected chi connectivity index (χ4v) is 3.52. The maximum Gasteiger partial charge on any atom is 0.129 e. The average molecular weight is 363 g/mol. The number of halogens is 3. The van der Waals surface area contributed by atoms with Gasteiger partial charge in [-0.3, -0.25) is 0 Å². The quantitative estimate of drug-likeness (QED) is 0.739. The van der Waals surface area contributed by atoms with Gasteiger partial charge in [0.2, 0.25) is 0 Å². The van der Waals surface area contributed by atoms with Crippen molar-refractivity contribution in [2.45, 2.75) is 19.4 Å². The summed E-state index contributed by atoms with van der Waals surface area (Å²) in [5.74, 6) is -0.262. The second-order valence-electron chi connectivity index (χ2n) is 4.17. The van der Waals surface area contributed by atoms with Gasteiger partial charge in [0.1, 0.15) is 5.82 Å². The molecule has 0 aliphatic rings. The van der Waals surface area contributed by atoms with Gasteiger partial charge in [-0.2, -0.15) is 0 Å². The molecule has 0 saturated carbocycles. The summed E-state index contributed by atoms with van der Waals surface area (Å²) in [4.78, 5) is 2.38. The predicted octanol–water partition coefficient (Wildman–Crippen LogP) is 5.17. The maximum atomic E-state index is 14.1. The molecule has 0 radical (unpaired) electrons. The van der Waals surface area contributed by atoms with Crippen LogP contribution >= 0.6 is 38.9 Å². The monoisotopic (exact) mass is 361 g/mol. The maximum absolute atomic E-state index is 14.1. The van der Waals surface area contributed by atoms with Crippen molar-refractivity contribution < 1.29 is 4.39 Å². The van der Waals surface area contributed by atoms with E-state index in [1.165, 1.54) is 10.9 Å². The number of benzene rings is 1. The van der Waals surface area contributed by atoms with Crippen LogP contribution < -0.4 is 5.32 Å². The fourth-order valence-electron chi connectivity index (χ4n) is 1.95. The second kappa shape index (κ2) is 6.35. The molecule has 1 N–H and O–H groups in total. The molecule has 1 heterocycles. The van der Waals surface area contributed by atoms with Crippen LogP contribution in [0.2, 0.25) is 5.02 Å². The lowest BCUT2D eigenvalue weighted by molar-refractivity contribution is 0.578. The number of thiophene rings is 1. The molecule has 0 spiro atoms. The van der Waals surface area contributed by atoms with Gasteiger partial charge in [-0.05, 0) is 53.7 Å². The van der Waals surface area contributed by atoms with Crippen molar-refractivity contribution in [1.82, 2.24) is 5.32 Å². The molecular weight excluding hydrogens is 349 g/mol. The first-order valence-electron chi connectivity index (χ1n) is 5.97. The van der Waals surface area contributed by atoms with Gasteiger partial charge < -0.3 is 5.32 Å². The molecule has 19 heavy (non-hydrogen) atoms. The Hall–Kier alpha value is -0.420. The van der Waals surface area contributed by atoms with Crippen molar-refractivity contribution in [3.05, 3.63) is 54.9 Å². The first-order chi connectivity index (χ1) is 9.06. The van der Waals surface area contributed by atoms with Crippen LogP contribution in [0.5, 0.6) is 0 Å². The Morgan fingerprint density at radius 1 is 1.42 bits per heavy atom. The van der Waals surface area contributed by atoms with Crippen LogP contribution in [0.25, 0.3) is 0 Å². The smallest absolute Gasteiger partial charge is 0.129 e. The standard InChI is InChI=1S/C14H14BrClFNS/c1-3-8-4-5-13(19-8)14(18-2)9-6-11(16)10(15)7-12(9)17/h4-7,14,18H,3H2,1-2H3. The Bertz CT molecular complexity index is 585. The van der Waals surface area contributed by atoms with Crippen LogP contribution in [-0.4, -0.2) is 7.05 Å². The number of aryl methyl sites for hydroxylation is 1. The first kappa shape index (κ1) is 15.0. The summed E-state index contributed by atoms with van der Waals surface area (Å²) >= 11 is 11.0. The summed E-state index contributed by atoms with van der Waals surface area (Å²) in [5.41, 5.74) is 0.570. The van der Waals surface area contributed by atoms with Gasteiger partial charge in [-0.25, -0.2) is 4.39 Å².